The average Bonchev–Trinajstić information content (AvgIpc) is 3.18. The number of anilines is 1. The summed E-state index contributed by atoms with van der Waals surface area (Å²) < 4.78 is 6.03. The van der Waals surface area contributed by atoms with Gasteiger partial charge in [-0.1, -0.05) is 30.3 Å². The molecule has 0 radical (unpaired) electrons. The van der Waals surface area contributed by atoms with Gasteiger partial charge in [-0.05, 0) is 37.1 Å². The van der Waals surface area contributed by atoms with E-state index in [9.17, 15) is 5.11 Å². The predicted molar refractivity (Wildman–Crippen MR) is 111 cm³/mol. The first kappa shape index (κ1) is 18.4. The number of aromatic nitrogens is 2. The van der Waals surface area contributed by atoms with Crippen molar-refractivity contribution in [1.29, 1.82) is 0 Å². The smallest absolute Gasteiger partial charge is 0.213 e. The van der Waals surface area contributed by atoms with Crippen LogP contribution in [0.3, 0.4) is 0 Å². The average molecular weight is 375 g/mol. The highest BCUT2D eigenvalue weighted by Crippen LogP contribution is 2.29. The zero-order chi connectivity index (χ0) is 19.5. The Kier molecular flexibility index (Phi) is 5.26. The van der Waals surface area contributed by atoms with Crippen molar-refractivity contribution < 1.29 is 9.84 Å². The summed E-state index contributed by atoms with van der Waals surface area (Å²) in [7, 11) is 0. The van der Waals surface area contributed by atoms with Crippen molar-refractivity contribution in [2.24, 2.45) is 0 Å². The molecule has 3 heterocycles. The molecule has 1 aliphatic rings. The van der Waals surface area contributed by atoms with E-state index in [1.54, 1.807) is 0 Å². The van der Waals surface area contributed by atoms with Gasteiger partial charge in [-0.2, -0.15) is 0 Å². The van der Waals surface area contributed by atoms with Crippen molar-refractivity contribution in [2.75, 3.05) is 18.0 Å². The van der Waals surface area contributed by atoms with Crippen LogP contribution in [0.15, 0.2) is 54.7 Å². The fourth-order valence-electron chi connectivity index (χ4n) is 3.65. The van der Waals surface area contributed by atoms with Gasteiger partial charge in [0.15, 0.2) is 0 Å². The van der Waals surface area contributed by atoms with Gasteiger partial charge in [0.05, 0.1) is 30.2 Å². The normalized spacial score (nSPS) is 16.4. The molecule has 28 heavy (non-hydrogen) atoms. The Morgan fingerprint density at radius 3 is 2.71 bits per heavy atom. The molecule has 0 bridgehead atoms. The molecule has 0 amide bonds. The first-order chi connectivity index (χ1) is 13.6. The molecule has 1 atom stereocenters. The Morgan fingerprint density at radius 1 is 1.11 bits per heavy atom. The van der Waals surface area contributed by atoms with Crippen LogP contribution in [0.1, 0.15) is 23.2 Å². The number of pyridine rings is 2. The SMILES string of the molecule is Cc1ccc(O[C@H]2CCN(c3ccc(-c4ccccc4C)nc3CO)C2)nc1. The van der Waals surface area contributed by atoms with E-state index in [-0.39, 0.29) is 12.7 Å². The molecule has 5 heteroatoms. The molecule has 1 fully saturated rings. The van der Waals surface area contributed by atoms with Gasteiger partial charge in [0, 0.05) is 30.8 Å². The number of nitrogens with zero attached hydrogens (tertiary/aromatic N) is 3. The lowest BCUT2D eigenvalue weighted by atomic mass is 10.0. The number of rotatable bonds is 5. The van der Waals surface area contributed by atoms with Crippen LogP contribution in [0.5, 0.6) is 5.88 Å². The molecule has 4 rings (SSSR count). The summed E-state index contributed by atoms with van der Waals surface area (Å²) in [6.45, 7) is 5.63. The van der Waals surface area contributed by atoms with Gasteiger partial charge in [-0.25, -0.2) is 9.97 Å². The molecule has 2 aromatic heterocycles. The third-order valence-electron chi connectivity index (χ3n) is 5.18. The summed E-state index contributed by atoms with van der Waals surface area (Å²) >= 11 is 0. The fourth-order valence-corrected chi connectivity index (χ4v) is 3.65. The number of aliphatic hydroxyl groups excluding tert-OH is 1. The minimum absolute atomic E-state index is 0.0813. The standard InChI is InChI=1S/C23H25N3O2/c1-16-7-10-23(24-13-16)28-18-11-12-26(14-18)22-9-8-20(25-21(22)15-27)19-6-4-3-5-17(19)2/h3-10,13,18,27H,11-12,14-15H2,1-2H3/t18-/m0/s1. The summed E-state index contributed by atoms with van der Waals surface area (Å²) in [4.78, 5) is 11.3. The Balaban J connectivity index is 1.51. The first-order valence-electron chi connectivity index (χ1n) is 9.65. The molecule has 5 nitrogen and oxygen atoms in total. The minimum atomic E-state index is -0.0867. The Bertz CT molecular complexity index is 956. The van der Waals surface area contributed by atoms with Crippen molar-refractivity contribution in [3.05, 3.63) is 71.5 Å². The molecule has 0 spiro atoms. The van der Waals surface area contributed by atoms with Gasteiger partial charge in [0.2, 0.25) is 5.88 Å². The molecule has 0 saturated carbocycles. The van der Waals surface area contributed by atoms with E-state index in [2.05, 4.69) is 35.0 Å². The van der Waals surface area contributed by atoms with E-state index in [0.717, 1.165) is 42.0 Å². The van der Waals surface area contributed by atoms with Crippen molar-refractivity contribution in [1.82, 2.24) is 9.97 Å². The Labute approximate surface area is 165 Å². The molecule has 0 unspecified atom stereocenters. The molecular weight excluding hydrogens is 350 g/mol. The summed E-state index contributed by atoms with van der Waals surface area (Å²) in [6, 6.07) is 16.2. The molecule has 3 aromatic rings. The van der Waals surface area contributed by atoms with E-state index < -0.39 is 0 Å². The van der Waals surface area contributed by atoms with Gasteiger partial charge in [0.1, 0.15) is 6.10 Å². The molecule has 1 aliphatic heterocycles. The fraction of sp³-hybridized carbons (Fsp3) is 0.304. The van der Waals surface area contributed by atoms with Gasteiger partial charge in [-0.15, -0.1) is 0 Å². The van der Waals surface area contributed by atoms with Crippen LogP contribution in [-0.2, 0) is 6.61 Å². The van der Waals surface area contributed by atoms with E-state index >= 15 is 0 Å². The second kappa shape index (κ2) is 7.98. The molecule has 0 aliphatic carbocycles. The van der Waals surface area contributed by atoms with Crippen molar-refractivity contribution in [3.8, 4) is 17.1 Å². The lowest BCUT2D eigenvalue weighted by Gasteiger charge is -2.21. The minimum Gasteiger partial charge on any atom is -0.472 e. The van der Waals surface area contributed by atoms with Gasteiger partial charge < -0.3 is 14.7 Å². The topological polar surface area (TPSA) is 58.5 Å². The molecule has 144 valence electrons. The maximum atomic E-state index is 9.92. The summed E-state index contributed by atoms with van der Waals surface area (Å²) in [5.74, 6) is 0.660. The Hall–Kier alpha value is -2.92. The lowest BCUT2D eigenvalue weighted by Crippen LogP contribution is -2.26. The third kappa shape index (κ3) is 3.85. The zero-order valence-corrected chi connectivity index (χ0v) is 16.3. The van der Waals surface area contributed by atoms with Crippen LogP contribution in [0.25, 0.3) is 11.3 Å². The molecule has 1 aromatic carbocycles. The zero-order valence-electron chi connectivity index (χ0n) is 16.3. The number of aryl methyl sites for hydroxylation is 2. The summed E-state index contributed by atoms with van der Waals surface area (Å²) in [6.07, 6.45) is 2.82. The second-order valence-corrected chi connectivity index (χ2v) is 7.28. The summed E-state index contributed by atoms with van der Waals surface area (Å²) in [5.41, 5.74) is 5.95. The monoisotopic (exact) mass is 375 g/mol. The van der Waals surface area contributed by atoms with Gasteiger partial charge >= 0.3 is 0 Å². The lowest BCUT2D eigenvalue weighted by molar-refractivity contribution is 0.215. The highest BCUT2D eigenvalue weighted by atomic mass is 16.5. The van der Waals surface area contributed by atoms with E-state index in [4.69, 9.17) is 9.72 Å². The maximum absolute atomic E-state index is 9.92. The molecular formula is C23H25N3O2. The van der Waals surface area contributed by atoms with Gasteiger partial charge in [0.25, 0.3) is 0 Å². The molecule has 1 N–H and O–H groups in total. The van der Waals surface area contributed by atoms with Crippen LogP contribution < -0.4 is 9.64 Å². The molecule has 1 saturated heterocycles. The van der Waals surface area contributed by atoms with E-state index in [0.29, 0.717) is 11.6 Å². The van der Waals surface area contributed by atoms with Crippen LogP contribution >= 0.6 is 0 Å². The third-order valence-corrected chi connectivity index (χ3v) is 5.18. The number of benzene rings is 1. The second-order valence-electron chi connectivity index (χ2n) is 7.28. The van der Waals surface area contributed by atoms with Crippen LogP contribution in [-0.4, -0.2) is 34.3 Å². The number of aliphatic hydroxyl groups is 1. The van der Waals surface area contributed by atoms with Crippen LogP contribution in [0.2, 0.25) is 0 Å². The van der Waals surface area contributed by atoms with E-state index in [1.807, 2.05) is 43.5 Å². The first-order valence-corrected chi connectivity index (χ1v) is 9.65. The Morgan fingerprint density at radius 2 is 1.96 bits per heavy atom. The summed E-state index contributed by atoms with van der Waals surface area (Å²) in [5, 5.41) is 9.92. The van der Waals surface area contributed by atoms with Gasteiger partial charge in [-0.3, -0.25) is 0 Å². The number of ether oxygens (including phenoxy) is 1. The van der Waals surface area contributed by atoms with Crippen LogP contribution in [0.4, 0.5) is 5.69 Å². The quantitative estimate of drug-likeness (QED) is 0.733. The predicted octanol–water partition coefficient (Wildman–Crippen LogP) is 3.91. The highest BCUT2D eigenvalue weighted by Gasteiger charge is 2.26. The number of hydrogen-bond donors (Lipinski definition) is 1. The highest BCUT2D eigenvalue weighted by molar-refractivity contribution is 5.66. The van der Waals surface area contributed by atoms with Crippen molar-refractivity contribution in [3.63, 3.8) is 0 Å². The van der Waals surface area contributed by atoms with E-state index in [1.165, 1.54) is 5.56 Å². The maximum Gasteiger partial charge on any atom is 0.213 e. The van der Waals surface area contributed by atoms with Crippen molar-refractivity contribution >= 4 is 5.69 Å². The number of hydrogen-bond acceptors (Lipinski definition) is 5. The largest absolute Gasteiger partial charge is 0.472 e. The van der Waals surface area contributed by atoms with Crippen LogP contribution in [0, 0.1) is 13.8 Å². The van der Waals surface area contributed by atoms with Crippen molar-refractivity contribution in [2.45, 2.75) is 33.0 Å².